The van der Waals surface area contributed by atoms with Crippen LogP contribution in [0.1, 0.15) is 51.7 Å². The zero-order valence-corrected chi connectivity index (χ0v) is 23.7. The van der Waals surface area contributed by atoms with Crippen molar-refractivity contribution in [1.29, 1.82) is 0 Å². The minimum absolute atomic E-state index is 0.117. The number of nitrogens with zero attached hydrogens (tertiary/aromatic N) is 2. The number of amides is 1. The van der Waals surface area contributed by atoms with E-state index in [1.165, 1.54) is 11.1 Å². The first-order valence-electron chi connectivity index (χ1n) is 12.8. The highest BCUT2D eigenvalue weighted by Crippen LogP contribution is 2.24. The van der Waals surface area contributed by atoms with Crippen LogP contribution >= 0.6 is 0 Å². The molecule has 0 aliphatic carbocycles. The van der Waals surface area contributed by atoms with Crippen LogP contribution in [0.2, 0.25) is 0 Å². The minimum atomic E-state index is -3.85. The van der Waals surface area contributed by atoms with Crippen LogP contribution in [0.15, 0.2) is 88.9 Å². The number of sulfonamides is 1. The number of hydrogen-bond acceptors (Lipinski definition) is 4. The quantitative estimate of drug-likeness (QED) is 0.214. The molecule has 3 aromatic carbocycles. The van der Waals surface area contributed by atoms with Crippen LogP contribution < -0.4 is 10.1 Å². The Bertz CT molecular complexity index is 1610. The van der Waals surface area contributed by atoms with Gasteiger partial charge in [0.15, 0.2) is 0 Å². The van der Waals surface area contributed by atoms with E-state index in [4.69, 9.17) is 0 Å². The lowest BCUT2D eigenvalue weighted by molar-refractivity contribution is -0.121. The predicted octanol–water partition coefficient (Wildman–Crippen LogP) is 5.58. The van der Waals surface area contributed by atoms with Crippen LogP contribution in [-0.2, 0) is 14.8 Å². The maximum Gasteiger partial charge on any atom is 0.242 e. The maximum atomic E-state index is 13.1. The molecule has 4 rings (SSSR count). The minimum Gasteiger partial charge on any atom is -0.318 e. The molecule has 0 spiro atoms. The highest BCUT2D eigenvalue weighted by molar-refractivity contribution is 7.89. The van der Waals surface area contributed by atoms with E-state index in [-0.39, 0.29) is 11.3 Å². The molecule has 0 bridgehead atoms. The third-order valence-corrected chi connectivity index (χ3v) is 8.39. The lowest BCUT2D eigenvalue weighted by Crippen LogP contribution is -2.32. The van der Waals surface area contributed by atoms with Crippen molar-refractivity contribution in [3.63, 3.8) is 0 Å². The largest absolute Gasteiger partial charge is 0.318 e. The first-order chi connectivity index (χ1) is 18.6. The van der Waals surface area contributed by atoms with Gasteiger partial charge >= 0.3 is 0 Å². The van der Waals surface area contributed by atoms with Gasteiger partial charge in [-0.25, -0.2) is 18.6 Å². The zero-order valence-electron chi connectivity index (χ0n) is 22.9. The molecule has 1 aromatic heterocycles. The van der Waals surface area contributed by atoms with Crippen molar-refractivity contribution in [3.05, 3.63) is 118 Å². The summed E-state index contributed by atoms with van der Waals surface area (Å²) in [4.78, 5) is 13.0. The number of aromatic nitrogens is 1. The second kappa shape index (κ2) is 11.8. The number of aryl methyl sites for hydroxylation is 3. The van der Waals surface area contributed by atoms with Crippen LogP contribution in [0.4, 0.5) is 0 Å². The standard InChI is InChI=1S/C31H34N4O3S/c1-21-14-16-28(17-15-21)39(37,38)34-29(26-11-7-6-8-12-26)19-31(36)33-32-20-27-18-23(3)35(25(27)5)30-13-9-10-22(2)24(30)4/h6-18,20,29,34H,19H2,1-5H3,(H,33,36)/b32-20-/t29-/m0/s1. The number of benzene rings is 3. The molecular formula is C31H34N4O3S. The SMILES string of the molecule is Cc1ccc(S(=O)(=O)N[C@@H](CC(=O)N/N=C\c2cc(C)n(-c3cccc(C)c3C)c2C)c2ccccc2)cc1. The van der Waals surface area contributed by atoms with Crippen LogP contribution in [-0.4, -0.2) is 25.1 Å². The van der Waals surface area contributed by atoms with E-state index in [0.717, 1.165) is 28.2 Å². The summed E-state index contributed by atoms with van der Waals surface area (Å²) in [5.41, 5.74) is 10.7. The van der Waals surface area contributed by atoms with Crippen LogP contribution in [0.3, 0.4) is 0 Å². The molecule has 1 amide bonds. The Morgan fingerprint density at radius 2 is 1.62 bits per heavy atom. The van der Waals surface area contributed by atoms with E-state index >= 15 is 0 Å². The number of carbonyl (C=O) groups excluding carboxylic acids is 1. The van der Waals surface area contributed by atoms with Gasteiger partial charge in [0, 0.05) is 29.1 Å². The van der Waals surface area contributed by atoms with Crippen LogP contribution in [0.25, 0.3) is 5.69 Å². The highest BCUT2D eigenvalue weighted by atomic mass is 32.2. The first-order valence-corrected chi connectivity index (χ1v) is 14.3. The van der Waals surface area contributed by atoms with Gasteiger partial charge in [0.1, 0.15) is 0 Å². The van der Waals surface area contributed by atoms with Crippen molar-refractivity contribution >= 4 is 22.1 Å². The van der Waals surface area contributed by atoms with Gasteiger partial charge in [0.2, 0.25) is 15.9 Å². The number of rotatable bonds is 9. The Balaban J connectivity index is 1.50. The highest BCUT2D eigenvalue weighted by Gasteiger charge is 2.24. The average Bonchev–Trinajstić information content (AvgIpc) is 3.18. The van der Waals surface area contributed by atoms with Crippen LogP contribution in [0.5, 0.6) is 0 Å². The smallest absolute Gasteiger partial charge is 0.242 e. The normalized spacial score (nSPS) is 12.5. The second-order valence-electron chi connectivity index (χ2n) is 9.78. The Morgan fingerprint density at radius 3 is 2.31 bits per heavy atom. The summed E-state index contributed by atoms with van der Waals surface area (Å²) in [6, 6.07) is 23.1. The monoisotopic (exact) mass is 542 g/mol. The molecule has 0 unspecified atom stereocenters. The van der Waals surface area contributed by atoms with Crippen molar-refractivity contribution in [2.75, 3.05) is 0 Å². The van der Waals surface area contributed by atoms with Crippen molar-refractivity contribution in [2.45, 2.75) is 52.0 Å². The van der Waals surface area contributed by atoms with E-state index < -0.39 is 22.0 Å². The molecule has 202 valence electrons. The fourth-order valence-electron chi connectivity index (χ4n) is 4.56. The van der Waals surface area contributed by atoms with Gasteiger partial charge in [0.25, 0.3) is 0 Å². The summed E-state index contributed by atoms with van der Waals surface area (Å²) in [6.07, 6.45) is 1.50. The van der Waals surface area contributed by atoms with Gasteiger partial charge in [-0.15, -0.1) is 0 Å². The molecule has 1 atom stereocenters. The second-order valence-corrected chi connectivity index (χ2v) is 11.5. The van der Waals surface area contributed by atoms with Crippen LogP contribution in [0, 0.1) is 34.6 Å². The Hall–Kier alpha value is -4.01. The zero-order chi connectivity index (χ0) is 28.2. The molecule has 7 nitrogen and oxygen atoms in total. The third-order valence-electron chi connectivity index (χ3n) is 6.90. The van der Waals surface area contributed by atoms with Gasteiger partial charge in [-0.2, -0.15) is 5.10 Å². The van der Waals surface area contributed by atoms with Crippen molar-refractivity contribution in [2.24, 2.45) is 5.10 Å². The summed E-state index contributed by atoms with van der Waals surface area (Å²) in [6.45, 7) is 10.1. The van der Waals surface area contributed by atoms with Gasteiger partial charge in [-0.1, -0.05) is 60.2 Å². The molecule has 0 saturated heterocycles. The Labute approximate surface area is 230 Å². The summed E-state index contributed by atoms with van der Waals surface area (Å²) in [5, 5.41) is 4.19. The van der Waals surface area contributed by atoms with Crippen molar-refractivity contribution in [3.8, 4) is 5.69 Å². The molecule has 0 aliphatic rings. The Morgan fingerprint density at radius 1 is 0.923 bits per heavy atom. The molecule has 0 radical (unpaired) electrons. The Kier molecular flexibility index (Phi) is 8.47. The molecular weight excluding hydrogens is 508 g/mol. The summed E-state index contributed by atoms with van der Waals surface area (Å²) in [7, 11) is -3.85. The lowest BCUT2D eigenvalue weighted by Gasteiger charge is -2.18. The van der Waals surface area contributed by atoms with Gasteiger partial charge in [0.05, 0.1) is 17.2 Å². The average molecular weight is 543 g/mol. The molecule has 4 aromatic rings. The molecule has 2 N–H and O–H groups in total. The predicted molar refractivity (Wildman–Crippen MR) is 156 cm³/mol. The fraction of sp³-hybridized carbons (Fsp3) is 0.226. The molecule has 0 fully saturated rings. The molecule has 0 aliphatic heterocycles. The van der Waals surface area contributed by atoms with Gasteiger partial charge in [-0.3, -0.25) is 4.79 Å². The topological polar surface area (TPSA) is 92.6 Å². The first kappa shape index (κ1) is 28.0. The van der Waals surface area contributed by atoms with E-state index in [9.17, 15) is 13.2 Å². The number of hydrazone groups is 1. The van der Waals surface area contributed by atoms with Gasteiger partial charge in [-0.05, 0) is 75.6 Å². The summed E-state index contributed by atoms with van der Waals surface area (Å²) < 4.78 is 31.0. The van der Waals surface area contributed by atoms with Crippen molar-refractivity contribution in [1.82, 2.24) is 14.7 Å². The van der Waals surface area contributed by atoms with E-state index in [1.54, 1.807) is 42.6 Å². The number of hydrogen-bond donors (Lipinski definition) is 2. The number of carbonyl (C=O) groups is 1. The molecule has 8 heteroatoms. The van der Waals surface area contributed by atoms with Gasteiger partial charge < -0.3 is 4.57 Å². The fourth-order valence-corrected chi connectivity index (χ4v) is 5.78. The van der Waals surface area contributed by atoms with E-state index in [2.05, 4.69) is 45.8 Å². The molecule has 0 saturated carbocycles. The summed E-state index contributed by atoms with van der Waals surface area (Å²) in [5.74, 6) is -0.407. The summed E-state index contributed by atoms with van der Waals surface area (Å²) >= 11 is 0. The van der Waals surface area contributed by atoms with E-state index in [0.29, 0.717) is 5.56 Å². The third kappa shape index (κ3) is 6.53. The number of nitrogens with one attached hydrogen (secondary N) is 2. The van der Waals surface area contributed by atoms with Crippen molar-refractivity contribution < 1.29 is 13.2 Å². The van der Waals surface area contributed by atoms with E-state index in [1.807, 2.05) is 51.1 Å². The maximum absolute atomic E-state index is 13.1. The lowest BCUT2D eigenvalue weighted by atomic mass is 10.0. The molecule has 39 heavy (non-hydrogen) atoms. The molecule has 1 heterocycles.